The Balaban J connectivity index is 1.44. The number of aromatic nitrogens is 1. The van der Waals surface area contributed by atoms with Gasteiger partial charge in [-0.25, -0.2) is 4.31 Å². The van der Waals surface area contributed by atoms with Gasteiger partial charge in [0.25, 0.3) is 0 Å². The first-order valence-corrected chi connectivity index (χ1v) is 11.1. The van der Waals surface area contributed by atoms with E-state index in [1.54, 1.807) is 11.9 Å². The number of piperidine rings is 1. The summed E-state index contributed by atoms with van der Waals surface area (Å²) in [7, 11) is 0. The van der Waals surface area contributed by atoms with Crippen LogP contribution in [0.25, 0.3) is 5.57 Å². The van der Waals surface area contributed by atoms with Gasteiger partial charge in [0.2, 0.25) is 5.96 Å². The predicted molar refractivity (Wildman–Crippen MR) is 112 cm³/mol. The van der Waals surface area contributed by atoms with E-state index in [4.69, 9.17) is 20.7 Å². The second-order valence-electron chi connectivity index (χ2n) is 8.04. The number of oxime groups is 1. The van der Waals surface area contributed by atoms with Crippen molar-refractivity contribution in [3.8, 4) is 5.75 Å². The van der Waals surface area contributed by atoms with Gasteiger partial charge in [-0.05, 0) is 44.1 Å². The molecule has 0 aliphatic carbocycles. The molecule has 0 saturated carbocycles. The van der Waals surface area contributed by atoms with Crippen molar-refractivity contribution in [2.24, 2.45) is 16.8 Å². The molecule has 1 unspecified atom stereocenters. The van der Waals surface area contributed by atoms with Gasteiger partial charge >= 0.3 is 0 Å². The minimum atomic E-state index is -0.212. The molecule has 1 aromatic heterocycles. The van der Waals surface area contributed by atoms with Gasteiger partial charge in [-0.15, -0.1) is 0 Å². The molecule has 8 heteroatoms. The maximum Gasteiger partial charge on any atom is 0.233 e. The molecule has 3 N–H and O–H groups in total. The van der Waals surface area contributed by atoms with Gasteiger partial charge in [0.1, 0.15) is 11.4 Å². The van der Waals surface area contributed by atoms with Gasteiger partial charge in [0, 0.05) is 44.1 Å². The first-order valence-electron chi connectivity index (χ1n) is 9.91. The van der Waals surface area contributed by atoms with Crippen LogP contribution in [0.15, 0.2) is 23.5 Å². The number of guanidine groups is 1. The number of ether oxygens (including phenoxy) is 1. The van der Waals surface area contributed by atoms with Crippen molar-refractivity contribution >= 4 is 23.5 Å². The normalized spacial score (nSPS) is 26.7. The Labute approximate surface area is 170 Å². The number of pyridine rings is 1. The molecular formula is C20H29N5O2S. The van der Waals surface area contributed by atoms with Crippen LogP contribution in [0.3, 0.4) is 0 Å². The van der Waals surface area contributed by atoms with E-state index < -0.39 is 0 Å². The predicted octanol–water partition coefficient (Wildman–Crippen LogP) is 2.56. The molecule has 0 amide bonds. The molecule has 28 heavy (non-hydrogen) atoms. The Morgan fingerprint density at radius 2 is 2.18 bits per heavy atom. The molecule has 1 fully saturated rings. The first-order chi connectivity index (χ1) is 13.5. The van der Waals surface area contributed by atoms with Crippen molar-refractivity contribution in [2.45, 2.75) is 38.2 Å². The van der Waals surface area contributed by atoms with Crippen LogP contribution in [0, 0.1) is 5.92 Å². The zero-order valence-corrected chi connectivity index (χ0v) is 17.4. The number of nitrogens with two attached hydrogens (primary N) is 1. The average molecular weight is 404 g/mol. The van der Waals surface area contributed by atoms with Crippen molar-refractivity contribution in [3.63, 3.8) is 0 Å². The Kier molecular flexibility index (Phi) is 5.42. The molecule has 4 heterocycles. The smallest absolute Gasteiger partial charge is 0.233 e. The molecule has 0 bridgehead atoms. The molecular weight excluding hydrogens is 374 g/mol. The lowest BCUT2D eigenvalue weighted by atomic mass is 9.79. The molecule has 0 spiro atoms. The summed E-state index contributed by atoms with van der Waals surface area (Å²) in [6.45, 7) is 5.84. The second-order valence-corrected chi connectivity index (χ2v) is 8.92. The highest BCUT2D eigenvalue weighted by molar-refractivity contribution is 7.96. The van der Waals surface area contributed by atoms with Crippen LogP contribution < -0.4 is 10.5 Å². The largest absolute Gasteiger partial charge is 0.485 e. The van der Waals surface area contributed by atoms with Gasteiger partial charge in [-0.3, -0.25) is 4.98 Å². The van der Waals surface area contributed by atoms with Crippen molar-refractivity contribution < 1.29 is 9.94 Å². The van der Waals surface area contributed by atoms with E-state index in [1.165, 1.54) is 11.1 Å². The van der Waals surface area contributed by atoms with Crippen LogP contribution in [-0.2, 0) is 6.42 Å². The third kappa shape index (κ3) is 3.67. The summed E-state index contributed by atoms with van der Waals surface area (Å²) < 4.78 is 8.77. The Hall–Kier alpha value is -1.93. The molecule has 0 radical (unpaired) electrons. The van der Waals surface area contributed by atoms with Crippen LogP contribution in [0.2, 0.25) is 0 Å². The van der Waals surface area contributed by atoms with E-state index in [2.05, 4.69) is 34.8 Å². The molecule has 1 aromatic rings. The maximum absolute atomic E-state index is 8.88. The molecule has 0 aromatic carbocycles. The molecule has 152 valence electrons. The van der Waals surface area contributed by atoms with E-state index in [1.807, 2.05) is 11.1 Å². The van der Waals surface area contributed by atoms with Gasteiger partial charge in [0.15, 0.2) is 0 Å². The van der Waals surface area contributed by atoms with Crippen LogP contribution in [0.5, 0.6) is 5.75 Å². The van der Waals surface area contributed by atoms with Gasteiger partial charge in [-0.2, -0.15) is 0 Å². The molecule has 1 atom stereocenters. The average Bonchev–Trinajstić information content (AvgIpc) is 3.10. The Morgan fingerprint density at radius 3 is 2.82 bits per heavy atom. The van der Waals surface area contributed by atoms with Crippen LogP contribution in [0.1, 0.15) is 37.4 Å². The lowest BCUT2D eigenvalue weighted by Crippen LogP contribution is -2.49. The van der Waals surface area contributed by atoms with E-state index in [0.29, 0.717) is 5.92 Å². The summed E-state index contributed by atoms with van der Waals surface area (Å²) in [5.41, 5.74) is 9.22. The zero-order valence-electron chi connectivity index (χ0n) is 16.6. The van der Waals surface area contributed by atoms with Crippen LogP contribution in [0.4, 0.5) is 0 Å². The van der Waals surface area contributed by atoms with Crippen LogP contribution >= 0.6 is 11.9 Å². The van der Waals surface area contributed by atoms with E-state index in [0.717, 1.165) is 63.3 Å². The topological polar surface area (TPSA) is 87.2 Å². The van der Waals surface area contributed by atoms with Gasteiger partial charge in [-0.1, -0.05) is 23.2 Å². The summed E-state index contributed by atoms with van der Waals surface area (Å²) in [5, 5.41) is 12.0. The lowest BCUT2D eigenvalue weighted by molar-refractivity contribution is 0.0205. The fourth-order valence-corrected chi connectivity index (χ4v) is 5.11. The molecule has 3 aliphatic rings. The number of hydrogen-bond donors (Lipinski definition) is 2. The summed E-state index contributed by atoms with van der Waals surface area (Å²) in [6, 6.07) is 2.23. The molecule has 3 aliphatic heterocycles. The number of nitrogens with zero attached hydrogens (tertiary/aromatic N) is 4. The second kappa shape index (κ2) is 7.83. The maximum atomic E-state index is 8.88. The number of likely N-dealkylation sites (tertiary alicyclic amines) is 1. The molecule has 7 nitrogen and oxygen atoms in total. The van der Waals surface area contributed by atoms with E-state index in [-0.39, 0.29) is 11.6 Å². The zero-order chi connectivity index (χ0) is 19.7. The monoisotopic (exact) mass is 403 g/mol. The Bertz CT molecular complexity index is 791. The lowest BCUT2D eigenvalue weighted by Gasteiger charge is -2.40. The standard InChI is InChI=1S/C20H29N5O2S/c1-20(16-5-7-24(8-6-16)19(21)23-26)12-15-11-17(22-13-18(15)27-20)14-3-9-25(28-2)10-4-14/h3,11,13,16,26H,4-10,12H2,1-2H3,(H2,21,23). The fourth-order valence-electron chi connectivity index (χ4n) is 4.61. The van der Waals surface area contributed by atoms with Gasteiger partial charge in [0.05, 0.1) is 11.9 Å². The summed E-state index contributed by atoms with van der Waals surface area (Å²) in [5.74, 6) is 1.57. The number of hydrogen-bond acceptors (Lipinski definition) is 6. The van der Waals surface area contributed by atoms with Crippen molar-refractivity contribution in [2.75, 3.05) is 32.4 Å². The van der Waals surface area contributed by atoms with Crippen molar-refractivity contribution in [1.82, 2.24) is 14.2 Å². The SMILES string of the molecule is CSN1CC=C(c2cc3c(cn2)OC(C)(C2CCN(/C(N)=N/O)CC2)C3)CC1. The highest BCUT2D eigenvalue weighted by Gasteiger charge is 2.43. The highest BCUT2D eigenvalue weighted by atomic mass is 32.2. The Morgan fingerprint density at radius 1 is 1.39 bits per heavy atom. The molecule has 1 saturated heterocycles. The summed E-state index contributed by atoms with van der Waals surface area (Å²) in [6.07, 6.45) is 10.2. The van der Waals surface area contributed by atoms with E-state index in [9.17, 15) is 0 Å². The third-order valence-electron chi connectivity index (χ3n) is 6.38. The van der Waals surface area contributed by atoms with Crippen LogP contribution in [-0.4, -0.2) is 63.4 Å². The quantitative estimate of drug-likeness (QED) is 0.264. The minimum absolute atomic E-state index is 0.203. The highest BCUT2D eigenvalue weighted by Crippen LogP contribution is 2.43. The third-order valence-corrected chi connectivity index (χ3v) is 7.23. The molecule has 4 rings (SSSR count). The minimum Gasteiger partial charge on any atom is -0.485 e. The summed E-state index contributed by atoms with van der Waals surface area (Å²) in [4.78, 5) is 6.62. The summed E-state index contributed by atoms with van der Waals surface area (Å²) >= 11 is 1.80. The first kappa shape index (κ1) is 19.4. The number of rotatable bonds is 3. The van der Waals surface area contributed by atoms with Gasteiger partial charge < -0.3 is 20.6 Å². The van der Waals surface area contributed by atoms with E-state index >= 15 is 0 Å². The van der Waals surface area contributed by atoms with Crippen molar-refractivity contribution in [1.29, 1.82) is 0 Å². The fraction of sp³-hybridized carbons (Fsp3) is 0.600. The van der Waals surface area contributed by atoms with Crippen molar-refractivity contribution in [3.05, 3.63) is 29.6 Å². The number of fused-ring (bicyclic) bond motifs is 1.